The molecule has 0 atom stereocenters. The lowest BCUT2D eigenvalue weighted by atomic mass is 10.2. The van der Waals surface area contributed by atoms with Crippen molar-refractivity contribution < 1.29 is 8.42 Å². The number of imidazole rings is 1. The van der Waals surface area contributed by atoms with E-state index in [0.29, 0.717) is 13.0 Å². The Bertz CT molecular complexity index is 1110. The van der Waals surface area contributed by atoms with E-state index in [9.17, 15) is 13.2 Å². The van der Waals surface area contributed by atoms with Gasteiger partial charge in [-0.2, -0.15) is 4.31 Å². The highest BCUT2D eigenvalue weighted by molar-refractivity contribution is 7.89. The number of benzene rings is 2. The number of fused-ring (bicyclic) bond motifs is 1. The van der Waals surface area contributed by atoms with Gasteiger partial charge in [-0.05, 0) is 30.3 Å². The van der Waals surface area contributed by atoms with Crippen LogP contribution in [0.15, 0.2) is 70.4 Å². The lowest BCUT2D eigenvalue weighted by Gasteiger charge is -2.26. The van der Waals surface area contributed by atoms with Gasteiger partial charge in [0, 0.05) is 25.2 Å². The Kier molecular flexibility index (Phi) is 3.82. The third kappa shape index (κ3) is 2.71. The van der Waals surface area contributed by atoms with Crippen LogP contribution in [0.1, 0.15) is 6.42 Å². The van der Waals surface area contributed by atoms with Gasteiger partial charge in [0.15, 0.2) is 0 Å². The minimum absolute atomic E-state index is 0.202. The van der Waals surface area contributed by atoms with Crippen molar-refractivity contribution in [3.8, 4) is 0 Å². The lowest BCUT2D eigenvalue weighted by Crippen LogP contribution is -2.36. The minimum atomic E-state index is -3.51. The van der Waals surface area contributed by atoms with Gasteiger partial charge in [-0.15, -0.1) is 0 Å². The number of rotatable bonds is 3. The first-order chi connectivity index (χ1) is 12.1. The molecule has 0 saturated heterocycles. The Morgan fingerprint density at radius 2 is 1.68 bits per heavy atom. The summed E-state index contributed by atoms with van der Waals surface area (Å²) >= 11 is 0. The van der Waals surface area contributed by atoms with Gasteiger partial charge in [0.05, 0.1) is 15.9 Å². The van der Waals surface area contributed by atoms with E-state index in [2.05, 4.69) is 4.98 Å². The SMILES string of the molecule is O=c1[nH]c2ccccc2n1C1=CCN(S(=O)(=O)c2ccccc2)CC1. The van der Waals surface area contributed by atoms with Crippen LogP contribution in [0.2, 0.25) is 0 Å². The predicted molar refractivity (Wildman–Crippen MR) is 96.6 cm³/mol. The number of nitrogens with zero attached hydrogens (tertiary/aromatic N) is 2. The van der Waals surface area contributed by atoms with E-state index >= 15 is 0 Å². The van der Waals surface area contributed by atoms with Gasteiger partial charge in [-0.25, -0.2) is 13.2 Å². The van der Waals surface area contributed by atoms with E-state index in [1.807, 2.05) is 30.3 Å². The Morgan fingerprint density at radius 3 is 2.40 bits per heavy atom. The molecule has 3 aromatic rings. The van der Waals surface area contributed by atoms with Crippen molar-refractivity contribution in [3.05, 3.63) is 71.2 Å². The molecule has 0 aliphatic carbocycles. The van der Waals surface area contributed by atoms with E-state index in [-0.39, 0.29) is 17.1 Å². The van der Waals surface area contributed by atoms with Crippen LogP contribution in [0.5, 0.6) is 0 Å². The number of H-pyrrole nitrogens is 1. The molecule has 1 aliphatic rings. The van der Waals surface area contributed by atoms with Crippen molar-refractivity contribution in [3.63, 3.8) is 0 Å². The van der Waals surface area contributed by atoms with Crippen molar-refractivity contribution in [1.29, 1.82) is 0 Å². The lowest BCUT2D eigenvalue weighted by molar-refractivity contribution is 0.438. The van der Waals surface area contributed by atoms with Crippen LogP contribution in [-0.4, -0.2) is 35.4 Å². The number of nitrogens with one attached hydrogen (secondary N) is 1. The summed E-state index contributed by atoms with van der Waals surface area (Å²) in [6.07, 6.45) is 2.29. The first kappa shape index (κ1) is 15.9. The zero-order chi connectivity index (χ0) is 17.4. The molecule has 4 rings (SSSR count). The standard InChI is InChI=1S/C18H17N3O3S/c22-18-19-16-8-4-5-9-17(16)21(18)14-10-12-20(13-11-14)25(23,24)15-6-2-1-3-7-15/h1-10H,11-13H2,(H,19,22). The summed E-state index contributed by atoms with van der Waals surface area (Å²) in [7, 11) is -3.51. The molecule has 128 valence electrons. The van der Waals surface area contributed by atoms with Crippen molar-refractivity contribution >= 4 is 26.8 Å². The maximum Gasteiger partial charge on any atom is 0.330 e. The van der Waals surface area contributed by atoms with E-state index < -0.39 is 10.0 Å². The van der Waals surface area contributed by atoms with Crippen molar-refractivity contribution in [1.82, 2.24) is 13.9 Å². The average molecular weight is 355 g/mol. The zero-order valence-corrected chi connectivity index (χ0v) is 14.2. The first-order valence-electron chi connectivity index (χ1n) is 8.02. The fourth-order valence-electron chi connectivity index (χ4n) is 3.14. The third-order valence-electron chi connectivity index (χ3n) is 4.41. The summed E-state index contributed by atoms with van der Waals surface area (Å²) in [5, 5.41) is 0. The highest BCUT2D eigenvalue weighted by Crippen LogP contribution is 2.23. The van der Waals surface area contributed by atoms with Crippen LogP contribution in [0.4, 0.5) is 0 Å². The molecule has 1 aliphatic heterocycles. The van der Waals surface area contributed by atoms with Gasteiger partial charge in [0.25, 0.3) is 0 Å². The quantitative estimate of drug-likeness (QED) is 0.783. The molecule has 0 fully saturated rings. The summed E-state index contributed by atoms with van der Waals surface area (Å²) in [5.41, 5.74) is 2.19. The van der Waals surface area contributed by atoms with Crippen molar-refractivity contribution in [2.75, 3.05) is 13.1 Å². The maximum atomic E-state index is 12.7. The number of sulfonamides is 1. The maximum absolute atomic E-state index is 12.7. The average Bonchev–Trinajstić information content (AvgIpc) is 2.98. The number of hydrogen-bond donors (Lipinski definition) is 1. The predicted octanol–water partition coefficient (Wildman–Crippen LogP) is 2.27. The van der Waals surface area contributed by atoms with Crippen LogP contribution in [0, 0.1) is 0 Å². The first-order valence-corrected chi connectivity index (χ1v) is 9.46. The highest BCUT2D eigenvalue weighted by Gasteiger charge is 2.27. The number of hydrogen-bond acceptors (Lipinski definition) is 3. The van der Waals surface area contributed by atoms with E-state index in [0.717, 1.165) is 16.7 Å². The van der Waals surface area contributed by atoms with E-state index in [1.54, 1.807) is 34.9 Å². The molecule has 0 radical (unpaired) electrons. The van der Waals surface area contributed by atoms with Gasteiger partial charge < -0.3 is 4.98 Å². The van der Waals surface area contributed by atoms with E-state index in [1.165, 1.54) is 4.31 Å². The largest absolute Gasteiger partial charge is 0.330 e. The minimum Gasteiger partial charge on any atom is -0.305 e. The molecule has 6 nitrogen and oxygen atoms in total. The van der Waals surface area contributed by atoms with Crippen LogP contribution < -0.4 is 5.69 Å². The topological polar surface area (TPSA) is 75.2 Å². The van der Waals surface area contributed by atoms with Crippen LogP contribution in [0.25, 0.3) is 16.7 Å². The van der Waals surface area contributed by atoms with Gasteiger partial charge in [-0.1, -0.05) is 30.3 Å². The summed E-state index contributed by atoms with van der Waals surface area (Å²) in [6.45, 7) is 0.591. The fraction of sp³-hybridized carbons (Fsp3) is 0.167. The molecule has 7 heteroatoms. The van der Waals surface area contributed by atoms with Crippen LogP contribution >= 0.6 is 0 Å². The van der Waals surface area contributed by atoms with Crippen LogP contribution in [0.3, 0.4) is 0 Å². The monoisotopic (exact) mass is 355 g/mol. The smallest absolute Gasteiger partial charge is 0.305 e. The molecule has 1 aromatic heterocycles. The summed E-state index contributed by atoms with van der Waals surface area (Å²) in [4.78, 5) is 15.4. The normalized spacial score (nSPS) is 16.1. The van der Waals surface area contributed by atoms with E-state index in [4.69, 9.17) is 0 Å². The van der Waals surface area contributed by atoms with Crippen LogP contribution in [-0.2, 0) is 10.0 Å². The number of aromatic nitrogens is 2. The molecule has 0 unspecified atom stereocenters. The second-order valence-electron chi connectivity index (χ2n) is 5.90. The molecule has 1 N–H and O–H groups in total. The third-order valence-corrected chi connectivity index (χ3v) is 6.29. The Labute approximate surface area is 145 Å². The van der Waals surface area contributed by atoms with Gasteiger partial charge in [-0.3, -0.25) is 4.57 Å². The number of para-hydroxylation sites is 2. The zero-order valence-electron chi connectivity index (χ0n) is 13.4. The molecular weight excluding hydrogens is 338 g/mol. The molecule has 2 aromatic carbocycles. The molecule has 0 amide bonds. The van der Waals surface area contributed by atoms with Gasteiger partial charge >= 0.3 is 5.69 Å². The van der Waals surface area contributed by atoms with Gasteiger partial charge in [0.2, 0.25) is 10.0 Å². The highest BCUT2D eigenvalue weighted by atomic mass is 32.2. The van der Waals surface area contributed by atoms with Crippen molar-refractivity contribution in [2.24, 2.45) is 0 Å². The Balaban J connectivity index is 1.67. The summed E-state index contributed by atoms with van der Waals surface area (Å²) in [5.74, 6) is 0. The molecule has 2 heterocycles. The molecule has 0 spiro atoms. The summed E-state index contributed by atoms with van der Waals surface area (Å²) < 4.78 is 28.4. The molecular formula is C18H17N3O3S. The number of aromatic amines is 1. The molecule has 0 saturated carbocycles. The van der Waals surface area contributed by atoms with Crippen molar-refractivity contribution in [2.45, 2.75) is 11.3 Å². The Hall–Kier alpha value is -2.64. The Morgan fingerprint density at radius 1 is 0.960 bits per heavy atom. The molecule has 25 heavy (non-hydrogen) atoms. The summed E-state index contributed by atoms with van der Waals surface area (Å²) in [6, 6.07) is 15.9. The second-order valence-corrected chi connectivity index (χ2v) is 7.84. The second kappa shape index (κ2) is 6.02. The molecule has 0 bridgehead atoms. The fourth-order valence-corrected chi connectivity index (χ4v) is 4.54. The van der Waals surface area contributed by atoms with Gasteiger partial charge in [0.1, 0.15) is 0 Å².